The molecule has 1 aromatic carbocycles. The number of nitrogens with one attached hydrogen (secondary N) is 1. The van der Waals surface area contributed by atoms with E-state index in [1.165, 1.54) is 23.1 Å². The maximum absolute atomic E-state index is 12.4. The molecule has 2 amide bonds. The minimum Gasteiger partial charge on any atom is -0.452 e. The number of thioether (sulfide) groups is 1. The zero-order chi connectivity index (χ0) is 19.8. The van der Waals surface area contributed by atoms with Crippen molar-refractivity contribution in [3.8, 4) is 0 Å². The van der Waals surface area contributed by atoms with Crippen LogP contribution in [-0.4, -0.2) is 55.2 Å². The molecule has 27 heavy (non-hydrogen) atoms. The number of carbonyl (C=O) groups is 3. The van der Waals surface area contributed by atoms with E-state index in [-0.39, 0.29) is 30.2 Å². The minimum absolute atomic E-state index is 0.0378. The quantitative estimate of drug-likeness (QED) is 0.570. The van der Waals surface area contributed by atoms with Crippen LogP contribution >= 0.6 is 11.8 Å². The molecule has 0 saturated heterocycles. The van der Waals surface area contributed by atoms with Crippen molar-refractivity contribution in [2.45, 2.75) is 43.5 Å². The van der Waals surface area contributed by atoms with E-state index in [1.807, 2.05) is 0 Å². The van der Waals surface area contributed by atoms with E-state index in [0.717, 1.165) is 19.3 Å². The first-order valence-electron chi connectivity index (χ1n) is 9.27. The lowest BCUT2D eigenvalue weighted by atomic mass is 9.86. The summed E-state index contributed by atoms with van der Waals surface area (Å²) < 4.78 is 5.20. The number of amides is 2. The predicted octanol–water partition coefficient (Wildman–Crippen LogP) is 2.72. The fourth-order valence-corrected chi connectivity index (χ4v) is 4.04. The number of ether oxygens (including phenoxy) is 1. The molecule has 1 saturated carbocycles. The highest BCUT2D eigenvalue weighted by Crippen LogP contribution is 2.24. The molecule has 7 heteroatoms. The molecule has 0 radical (unpaired) electrons. The van der Waals surface area contributed by atoms with Crippen LogP contribution in [0.2, 0.25) is 0 Å². The van der Waals surface area contributed by atoms with E-state index in [2.05, 4.69) is 12.2 Å². The molecule has 2 atom stereocenters. The van der Waals surface area contributed by atoms with Gasteiger partial charge in [-0.2, -0.15) is 0 Å². The molecule has 0 unspecified atom stereocenters. The van der Waals surface area contributed by atoms with Crippen LogP contribution in [0.1, 0.15) is 43.0 Å². The van der Waals surface area contributed by atoms with Crippen molar-refractivity contribution in [2.24, 2.45) is 5.92 Å². The Balaban J connectivity index is 1.88. The number of rotatable bonds is 7. The molecule has 0 spiro atoms. The third kappa shape index (κ3) is 6.57. The van der Waals surface area contributed by atoms with Gasteiger partial charge in [0, 0.05) is 25.0 Å². The molecule has 1 aromatic rings. The van der Waals surface area contributed by atoms with Gasteiger partial charge < -0.3 is 15.0 Å². The first-order valence-corrected chi connectivity index (χ1v) is 10.3. The topological polar surface area (TPSA) is 75.7 Å². The Bertz CT molecular complexity index is 678. The Kier molecular flexibility index (Phi) is 8.16. The summed E-state index contributed by atoms with van der Waals surface area (Å²) in [5, 5.41) is 2.97. The van der Waals surface area contributed by atoms with Gasteiger partial charge in [0.25, 0.3) is 5.91 Å². The van der Waals surface area contributed by atoms with Crippen LogP contribution < -0.4 is 5.32 Å². The number of nitrogens with zero attached hydrogens (tertiary/aromatic N) is 1. The lowest BCUT2D eigenvalue weighted by molar-refractivity contribution is -0.126. The van der Waals surface area contributed by atoms with Crippen molar-refractivity contribution < 1.29 is 19.1 Å². The molecule has 1 aliphatic carbocycles. The lowest BCUT2D eigenvalue weighted by Crippen LogP contribution is -2.42. The fraction of sp³-hybridized carbons (Fsp3) is 0.550. The highest BCUT2D eigenvalue weighted by atomic mass is 32.2. The predicted molar refractivity (Wildman–Crippen MR) is 106 cm³/mol. The maximum Gasteiger partial charge on any atom is 0.339 e. The van der Waals surface area contributed by atoms with Crippen LogP contribution in [-0.2, 0) is 14.3 Å². The summed E-state index contributed by atoms with van der Waals surface area (Å²) in [5.41, 5.74) is 0.368. The first kappa shape index (κ1) is 21.3. The van der Waals surface area contributed by atoms with Gasteiger partial charge in [0.2, 0.25) is 5.91 Å². The second-order valence-electron chi connectivity index (χ2n) is 7.08. The third-order valence-corrected chi connectivity index (χ3v) is 5.81. The molecular weight excluding hydrogens is 364 g/mol. The third-order valence-electron chi connectivity index (χ3n) is 4.75. The highest BCUT2D eigenvalue weighted by molar-refractivity contribution is 8.00. The Morgan fingerprint density at radius 1 is 1.19 bits per heavy atom. The van der Waals surface area contributed by atoms with E-state index in [1.54, 1.807) is 38.4 Å². The summed E-state index contributed by atoms with van der Waals surface area (Å²) in [6.07, 6.45) is 4.40. The summed E-state index contributed by atoms with van der Waals surface area (Å²) >= 11 is 1.28. The Morgan fingerprint density at radius 3 is 2.59 bits per heavy atom. The number of benzene rings is 1. The van der Waals surface area contributed by atoms with Crippen molar-refractivity contribution in [2.75, 3.05) is 26.5 Å². The van der Waals surface area contributed by atoms with E-state index in [0.29, 0.717) is 16.4 Å². The molecule has 1 fully saturated rings. The average Bonchev–Trinajstić information content (AvgIpc) is 2.66. The van der Waals surface area contributed by atoms with E-state index < -0.39 is 5.97 Å². The second kappa shape index (κ2) is 10.3. The van der Waals surface area contributed by atoms with Crippen LogP contribution in [0.4, 0.5) is 0 Å². The monoisotopic (exact) mass is 392 g/mol. The van der Waals surface area contributed by atoms with Gasteiger partial charge in [-0.3, -0.25) is 9.59 Å². The average molecular weight is 393 g/mol. The summed E-state index contributed by atoms with van der Waals surface area (Å²) in [7, 11) is 3.38. The van der Waals surface area contributed by atoms with Crippen molar-refractivity contribution in [1.29, 1.82) is 0 Å². The smallest absolute Gasteiger partial charge is 0.339 e. The van der Waals surface area contributed by atoms with Crippen molar-refractivity contribution in [3.63, 3.8) is 0 Å². The molecule has 1 aliphatic rings. The molecule has 6 nitrogen and oxygen atoms in total. The summed E-state index contributed by atoms with van der Waals surface area (Å²) in [5.74, 6) is -0.177. The van der Waals surface area contributed by atoms with Crippen molar-refractivity contribution >= 4 is 29.5 Å². The number of esters is 1. The summed E-state index contributed by atoms with van der Waals surface area (Å²) in [6.45, 7) is 1.84. The largest absolute Gasteiger partial charge is 0.452 e. The molecule has 0 bridgehead atoms. The molecule has 1 N–H and O–H groups in total. The normalized spacial score (nSPS) is 19.2. The van der Waals surface area contributed by atoms with Crippen LogP contribution in [0, 0.1) is 5.92 Å². The maximum atomic E-state index is 12.4. The van der Waals surface area contributed by atoms with Crippen LogP contribution in [0.15, 0.2) is 29.2 Å². The van der Waals surface area contributed by atoms with Gasteiger partial charge in [0.05, 0.1) is 11.3 Å². The van der Waals surface area contributed by atoms with E-state index in [4.69, 9.17) is 4.74 Å². The fourth-order valence-electron chi connectivity index (χ4n) is 3.02. The summed E-state index contributed by atoms with van der Waals surface area (Å²) in [4.78, 5) is 38.5. The molecule has 0 aliphatic heterocycles. The second-order valence-corrected chi connectivity index (χ2v) is 8.10. The van der Waals surface area contributed by atoms with E-state index >= 15 is 0 Å². The molecule has 0 heterocycles. The molecule has 2 rings (SSSR count). The van der Waals surface area contributed by atoms with Gasteiger partial charge >= 0.3 is 5.97 Å². The van der Waals surface area contributed by atoms with Gasteiger partial charge in [0.15, 0.2) is 6.61 Å². The van der Waals surface area contributed by atoms with Gasteiger partial charge in [-0.05, 0) is 30.9 Å². The molecule has 0 aromatic heterocycles. The summed E-state index contributed by atoms with van der Waals surface area (Å²) in [6, 6.07) is 7.11. The van der Waals surface area contributed by atoms with Gasteiger partial charge in [0.1, 0.15) is 0 Å². The Hall–Kier alpha value is -2.02. The Labute approximate surface area is 165 Å². The Morgan fingerprint density at radius 2 is 1.89 bits per heavy atom. The number of carbonyl (C=O) groups excluding carboxylic acids is 3. The highest BCUT2D eigenvalue weighted by Gasteiger charge is 2.23. The molecule has 148 valence electrons. The zero-order valence-corrected chi connectivity index (χ0v) is 17.0. The zero-order valence-electron chi connectivity index (χ0n) is 16.2. The number of hydrogen-bond donors (Lipinski definition) is 1. The van der Waals surface area contributed by atoms with Gasteiger partial charge in [-0.1, -0.05) is 31.9 Å². The van der Waals surface area contributed by atoms with Gasteiger partial charge in [-0.15, -0.1) is 11.8 Å². The van der Waals surface area contributed by atoms with Crippen LogP contribution in [0.5, 0.6) is 0 Å². The molecular formula is C20H28N2O4S. The van der Waals surface area contributed by atoms with Crippen molar-refractivity contribution in [3.05, 3.63) is 29.8 Å². The SMILES string of the molecule is C[C@@H]1CCCC[C@H]1NC(=O)COC(=O)c1ccccc1SCC(=O)N(C)C. The standard InChI is InChI=1S/C20H28N2O4S/c1-14-8-4-6-10-16(14)21-18(23)12-26-20(25)15-9-5-7-11-17(15)27-13-19(24)22(2)3/h5,7,9,11,14,16H,4,6,8,10,12-13H2,1-3H3,(H,21,23)/t14-,16-/m1/s1. The van der Waals surface area contributed by atoms with Crippen molar-refractivity contribution in [1.82, 2.24) is 10.2 Å². The van der Waals surface area contributed by atoms with Crippen LogP contribution in [0.3, 0.4) is 0 Å². The number of hydrogen-bond acceptors (Lipinski definition) is 5. The van der Waals surface area contributed by atoms with Gasteiger partial charge in [-0.25, -0.2) is 4.79 Å². The van der Waals surface area contributed by atoms with Crippen LogP contribution in [0.25, 0.3) is 0 Å². The van der Waals surface area contributed by atoms with E-state index in [9.17, 15) is 14.4 Å². The minimum atomic E-state index is -0.553. The first-order chi connectivity index (χ1) is 12.9. The lowest BCUT2D eigenvalue weighted by Gasteiger charge is -2.29.